The smallest absolute Gasteiger partial charge is 0.307 e. The number of hydrogen-bond acceptors (Lipinski definition) is 12. The Morgan fingerprint density at radius 3 is 1.11 bits per heavy atom. The predicted molar refractivity (Wildman–Crippen MR) is 249 cm³/mol. The lowest BCUT2D eigenvalue weighted by molar-refractivity contribution is -0.148. The maximum atomic E-state index is 12.4. The predicted octanol–water partition coefficient (Wildman–Crippen LogP) is 13.8. The molecule has 0 fully saturated rings. The second kappa shape index (κ2) is 42.6. The normalized spacial score (nSPS) is 12.8. The number of hydrogen-bond donors (Lipinski definition) is 0. The minimum atomic E-state index is -0.113. The van der Waals surface area contributed by atoms with Crippen molar-refractivity contribution in [3.05, 3.63) is 0 Å². The molecular weight excluding hydrogens is 777 g/mol. The highest BCUT2D eigenvalue weighted by atomic mass is 33.5. The molecule has 0 aliphatic heterocycles. The molecule has 0 aromatic heterocycles. The van der Waals surface area contributed by atoms with E-state index in [-0.39, 0.29) is 24.1 Å². The lowest BCUT2D eigenvalue weighted by Gasteiger charge is -2.20. The number of carbonyl (C=O) groups is 2. The van der Waals surface area contributed by atoms with Gasteiger partial charge in [-0.2, -0.15) is 0 Å². The molecular formula is C41H82N2O4S6. The summed E-state index contributed by atoms with van der Waals surface area (Å²) < 4.78 is 11.3. The fraction of sp³-hybridized carbons (Fsp3) is 0.951. The maximum absolute atomic E-state index is 12.4. The van der Waals surface area contributed by atoms with Crippen LogP contribution in [-0.2, 0) is 19.1 Å². The topological polar surface area (TPSA) is 59.1 Å². The van der Waals surface area contributed by atoms with Crippen molar-refractivity contribution in [2.75, 3.05) is 63.3 Å². The highest BCUT2D eigenvalue weighted by Crippen LogP contribution is 2.36. The minimum absolute atomic E-state index is 0.0627. The molecule has 0 rings (SSSR count). The maximum Gasteiger partial charge on any atom is 0.307 e. The van der Waals surface area contributed by atoms with Crippen molar-refractivity contribution >= 4 is 74.8 Å². The third-order valence-electron chi connectivity index (χ3n) is 9.10. The van der Waals surface area contributed by atoms with Crippen LogP contribution in [0, 0.1) is 0 Å². The fourth-order valence-electron chi connectivity index (χ4n) is 5.71. The SMILES string of the molecule is CCCCCCCCCCCCSSSCC(C)OC(=O)CCN(C)CCCN(C)CCC(=O)OC(C)CSSSCCCCCCCCCCCC. The van der Waals surface area contributed by atoms with Crippen LogP contribution in [-0.4, -0.2) is 97.2 Å². The van der Waals surface area contributed by atoms with Crippen molar-refractivity contribution in [2.24, 2.45) is 0 Å². The highest BCUT2D eigenvalue weighted by molar-refractivity contribution is 9.09. The number of ether oxygens (including phenoxy) is 2. The van der Waals surface area contributed by atoms with Gasteiger partial charge in [-0.25, -0.2) is 0 Å². The number of esters is 2. The van der Waals surface area contributed by atoms with Gasteiger partial charge in [-0.05, 0) is 79.9 Å². The van der Waals surface area contributed by atoms with E-state index in [1.165, 1.54) is 140 Å². The summed E-state index contributed by atoms with van der Waals surface area (Å²) in [5.74, 6) is 3.83. The van der Waals surface area contributed by atoms with Gasteiger partial charge in [-0.15, -0.1) is 0 Å². The minimum Gasteiger partial charge on any atom is -0.462 e. The van der Waals surface area contributed by atoms with E-state index in [1.807, 2.05) is 55.1 Å². The summed E-state index contributed by atoms with van der Waals surface area (Å²) >= 11 is 0. The van der Waals surface area contributed by atoms with Gasteiger partial charge in [-0.3, -0.25) is 9.59 Å². The molecule has 2 unspecified atom stereocenters. The second-order valence-corrected chi connectivity index (χ2v) is 23.6. The molecule has 0 spiro atoms. The molecule has 316 valence electrons. The van der Waals surface area contributed by atoms with E-state index in [1.54, 1.807) is 21.6 Å². The van der Waals surface area contributed by atoms with Gasteiger partial charge in [0.1, 0.15) is 12.2 Å². The van der Waals surface area contributed by atoms with E-state index >= 15 is 0 Å². The summed E-state index contributed by atoms with van der Waals surface area (Å²) in [4.78, 5) is 29.1. The van der Waals surface area contributed by atoms with Crippen molar-refractivity contribution in [2.45, 2.75) is 188 Å². The molecule has 6 nitrogen and oxygen atoms in total. The molecule has 2 atom stereocenters. The monoisotopic (exact) mass is 858 g/mol. The first-order chi connectivity index (χ1) is 25.8. The largest absolute Gasteiger partial charge is 0.462 e. The van der Waals surface area contributed by atoms with Crippen LogP contribution in [0.2, 0.25) is 0 Å². The van der Waals surface area contributed by atoms with Crippen molar-refractivity contribution < 1.29 is 19.1 Å². The Hall–Kier alpha value is 0.960. The standard InChI is InChI=1S/C41H82N2O4S6/c1-7-9-11-13-15-17-19-21-23-25-34-48-52-50-36-38(3)46-40(44)28-32-42(5)30-27-31-43(6)33-29-41(45)47-39(4)37-51-53-49-35-26-24-22-20-18-16-14-12-10-8-2/h38-39H,7-37H2,1-6H3. The van der Waals surface area contributed by atoms with Gasteiger partial charge >= 0.3 is 11.9 Å². The number of rotatable bonds is 42. The molecule has 0 amide bonds. The first-order valence-electron chi connectivity index (χ1n) is 21.4. The molecule has 0 radical (unpaired) electrons. The van der Waals surface area contributed by atoms with Gasteiger partial charge in [0, 0.05) is 36.1 Å². The summed E-state index contributed by atoms with van der Waals surface area (Å²) in [5.41, 5.74) is 0. The molecule has 0 heterocycles. The summed E-state index contributed by atoms with van der Waals surface area (Å²) in [5, 5.41) is 0. The van der Waals surface area contributed by atoms with Crippen LogP contribution in [0.4, 0.5) is 0 Å². The quantitative estimate of drug-likeness (QED) is 0.0334. The average Bonchev–Trinajstić information content (AvgIpc) is 3.13. The molecule has 0 N–H and O–H groups in total. The summed E-state index contributed by atoms with van der Waals surface area (Å²) in [6.07, 6.45) is 29.3. The van der Waals surface area contributed by atoms with Crippen LogP contribution in [0.3, 0.4) is 0 Å². The lowest BCUT2D eigenvalue weighted by Crippen LogP contribution is -2.29. The fourth-order valence-corrected chi connectivity index (χ4v) is 13.7. The van der Waals surface area contributed by atoms with Crippen LogP contribution in [0.5, 0.6) is 0 Å². The first-order valence-corrected chi connectivity index (χ1v) is 29.0. The Morgan fingerprint density at radius 1 is 0.453 bits per heavy atom. The first kappa shape index (κ1) is 54.0. The van der Waals surface area contributed by atoms with E-state index in [2.05, 4.69) is 37.7 Å². The van der Waals surface area contributed by atoms with E-state index in [0.717, 1.165) is 31.0 Å². The van der Waals surface area contributed by atoms with Crippen molar-refractivity contribution in [3.8, 4) is 0 Å². The Bertz CT molecular complexity index is 742. The second-order valence-electron chi connectivity index (χ2n) is 14.8. The van der Waals surface area contributed by atoms with Gasteiger partial charge in [0.2, 0.25) is 0 Å². The number of nitrogens with zero attached hydrogens (tertiary/aromatic N) is 2. The Labute approximate surface area is 352 Å². The number of unbranched alkanes of at least 4 members (excludes halogenated alkanes) is 18. The van der Waals surface area contributed by atoms with Crippen LogP contribution in [0.15, 0.2) is 0 Å². The van der Waals surface area contributed by atoms with E-state index in [9.17, 15) is 9.59 Å². The van der Waals surface area contributed by atoms with Gasteiger partial charge in [0.05, 0.1) is 12.8 Å². The highest BCUT2D eigenvalue weighted by Gasteiger charge is 2.13. The Morgan fingerprint density at radius 2 is 0.774 bits per heavy atom. The van der Waals surface area contributed by atoms with Gasteiger partial charge in [0.15, 0.2) is 0 Å². The summed E-state index contributed by atoms with van der Waals surface area (Å²) in [7, 11) is 15.2. The molecule has 0 aromatic carbocycles. The number of carbonyl (C=O) groups excluding carboxylic acids is 2. The third kappa shape index (κ3) is 42.4. The lowest BCUT2D eigenvalue weighted by atomic mass is 10.1. The van der Waals surface area contributed by atoms with E-state index in [4.69, 9.17) is 9.47 Å². The third-order valence-corrected chi connectivity index (χ3v) is 18.0. The van der Waals surface area contributed by atoms with Gasteiger partial charge in [-0.1, -0.05) is 173 Å². The Kier molecular flexibility index (Phi) is 43.3. The van der Waals surface area contributed by atoms with Crippen LogP contribution < -0.4 is 0 Å². The van der Waals surface area contributed by atoms with Gasteiger partial charge < -0.3 is 19.3 Å². The molecule has 0 saturated carbocycles. The summed E-state index contributed by atoms with van der Waals surface area (Å²) in [6.45, 7) is 11.8. The van der Waals surface area contributed by atoms with Crippen LogP contribution in [0.1, 0.15) is 175 Å². The summed E-state index contributed by atoms with van der Waals surface area (Å²) in [6, 6.07) is 0. The zero-order chi connectivity index (χ0) is 39.0. The average molecular weight is 860 g/mol. The zero-order valence-electron chi connectivity index (χ0n) is 35.1. The molecule has 12 heteroatoms. The molecule has 0 aliphatic rings. The molecule has 0 saturated heterocycles. The van der Waals surface area contributed by atoms with Crippen molar-refractivity contribution in [1.82, 2.24) is 9.80 Å². The molecule has 53 heavy (non-hydrogen) atoms. The van der Waals surface area contributed by atoms with E-state index < -0.39 is 0 Å². The molecule has 0 aliphatic carbocycles. The van der Waals surface area contributed by atoms with Crippen LogP contribution >= 0.6 is 62.8 Å². The van der Waals surface area contributed by atoms with Crippen molar-refractivity contribution in [1.29, 1.82) is 0 Å². The molecule has 0 bridgehead atoms. The molecule has 0 aromatic rings. The van der Waals surface area contributed by atoms with Crippen LogP contribution in [0.25, 0.3) is 0 Å². The Balaban J connectivity index is 3.62. The zero-order valence-corrected chi connectivity index (χ0v) is 40.0. The van der Waals surface area contributed by atoms with Gasteiger partial charge in [0.25, 0.3) is 0 Å². The van der Waals surface area contributed by atoms with E-state index in [0.29, 0.717) is 25.9 Å². The van der Waals surface area contributed by atoms with Crippen molar-refractivity contribution in [3.63, 3.8) is 0 Å².